The second kappa shape index (κ2) is 25.7. The molecule has 2 N–H and O–H groups in total. The third-order valence-corrected chi connectivity index (χ3v) is 2.18. The molecule has 0 radical (unpaired) electrons. The minimum absolute atomic E-state index is 0.114. The van der Waals surface area contributed by atoms with Crippen molar-refractivity contribution in [3.05, 3.63) is 23.3 Å². The Bertz CT molecular complexity index is 433. The molecule has 0 saturated carbocycles. The van der Waals surface area contributed by atoms with E-state index >= 15 is 0 Å². The fourth-order valence-electron chi connectivity index (χ4n) is 1.33. The first-order valence-corrected chi connectivity index (χ1v) is 8.05. The second-order valence-electron chi connectivity index (χ2n) is 3.60. The van der Waals surface area contributed by atoms with Gasteiger partial charge in [-0.1, -0.05) is 39.8 Å². The largest absolute Gasteiger partial charge is 0.337 e. The van der Waals surface area contributed by atoms with Crippen molar-refractivity contribution >= 4 is 18.0 Å². The highest BCUT2D eigenvalue weighted by Crippen LogP contribution is 2.09. The van der Waals surface area contributed by atoms with Gasteiger partial charge in [0.1, 0.15) is 6.54 Å². The van der Waals surface area contributed by atoms with Gasteiger partial charge in [0.25, 0.3) is 5.91 Å². The Morgan fingerprint density at radius 2 is 1.58 bits per heavy atom. The topological polar surface area (TPSA) is 99.1 Å². The van der Waals surface area contributed by atoms with Gasteiger partial charge in [0.2, 0.25) is 6.29 Å². The number of hydrogen-bond acceptors (Lipinski definition) is 5. The summed E-state index contributed by atoms with van der Waals surface area (Å²) in [5, 5.41) is 12.9. The third kappa shape index (κ3) is 19.7. The molecule has 0 aliphatic rings. The summed E-state index contributed by atoms with van der Waals surface area (Å²) in [6.07, 6.45) is 3.94. The average molecular weight is 339 g/mol. The molecule has 0 fully saturated rings. The number of ketones is 1. The lowest BCUT2D eigenvalue weighted by atomic mass is 10.0. The minimum atomic E-state index is -0.758. The van der Waals surface area contributed by atoms with Crippen molar-refractivity contribution in [1.82, 2.24) is 10.6 Å². The quantitative estimate of drug-likeness (QED) is 0.255. The highest BCUT2D eigenvalue weighted by molar-refractivity contribution is 6.23. The number of carbonyl (C=O) groups is 3. The van der Waals surface area contributed by atoms with Gasteiger partial charge in [-0.2, -0.15) is 5.26 Å². The van der Waals surface area contributed by atoms with Crippen LogP contribution in [0.2, 0.25) is 0 Å². The van der Waals surface area contributed by atoms with Crippen molar-refractivity contribution in [2.24, 2.45) is 0 Å². The van der Waals surface area contributed by atoms with Crippen molar-refractivity contribution < 1.29 is 14.4 Å². The third-order valence-electron chi connectivity index (χ3n) is 2.18. The average Bonchev–Trinajstić information content (AvgIpc) is 2.63. The first-order valence-electron chi connectivity index (χ1n) is 8.05. The van der Waals surface area contributed by atoms with Crippen LogP contribution in [-0.2, 0) is 14.4 Å². The molecule has 24 heavy (non-hydrogen) atoms. The lowest BCUT2D eigenvalue weighted by molar-refractivity contribution is -0.131. The van der Waals surface area contributed by atoms with Crippen LogP contribution in [0.3, 0.4) is 0 Å². The normalized spacial score (nSPS) is 9.46. The van der Waals surface area contributed by atoms with Crippen molar-refractivity contribution in [1.29, 1.82) is 5.26 Å². The van der Waals surface area contributed by atoms with Crippen LogP contribution in [-0.4, -0.2) is 38.1 Å². The maximum atomic E-state index is 11.1. The molecular formula is C18H33N3O3. The molecule has 0 rings (SSSR count). The summed E-state index contributed by atoms with van der Waals surface area (Å²) in [5.41, 5.74) is 1.87. The lowest BCUT2D eigenvalue weighted by Crippen LogP contribution is -2.23. The molecule has 0 bridgehead atoms. The molecule has 0 aromatic carbocycles. The van der Waals surface area contributed by atoms with Crippen LogP contribution in [0, 0.1) is 11.3 Å². The van der Waals surface area contributed by atoms with Crippen molar-refractivity contribution in [2.75, 3.05) is 20.1 Å². The summed E-state index contributed by atoms with van der Waals surface area (Å²) < 4.78 is 0. The number of allylic oxidation sites excluding steroid dienone is 2. The van der Waals surface area contributed by atoms with Gasteiger partial charge in [0.05, 0.1) is 6.07 Å². The first kappa shape index (κ1) is 29.7. The van der Waals surface area contributed by atoms with Gasteiger partial charge in [0.15, 0.2) is 5.78 Å². The van der Waals surface area contributed by atoms with E-state index in [0.29, 0.717) is 0 Å². The van der Waals surface area contributed by atoms with Crippen LogP contribution in [0.15, 0.2) is 23.3 Å². The fraction of sp³-hybridized carbons (Fsp3) is 0.556. The summed E-state index contributed by atoms with van der Waals surface area (Å²) in [6, 6.07) is 1.64. The van der Waals surface area contributed by atoms with Crippen molar-refractivity contribution in [3.63, 3.8) is 0 Å². The van der Waals surface area contributed by atoms with Gasteiger partial charge in [-0.05, 0) is 33.4 Å². The molecule has 0 atom stereocenters. The zero-order valence-corrected chi connectivity index (χ0v) is 16.3. The highest BCUT2D eigenvalue weighted by atomic mass is 16.2. The van der Waals surface area contributed by atoms with E-state index < -0.39 is 5.91 Å². The number of likely N-dealkylation sites (N-methyl/N-ethyl adjacent to an activating group) is 1. The molecule has 0 spiro atoms. The van der Waals surface area contributed by atoms with E-state index in [4.69, 9.17) is 5.26 Å². The zero-order chi connectivity index (χ0) is 20.0. The molecule has 0 saturated heterocycles. The number of nitrogens with one attached hydrogen (secondary N) is 2. The fourth-order valence-corrected chi connectivity index (χ4v) is 1.33. The van der Waals surface area contributed by atoms with E-state index in [2.05, 4.69) is 5.32 Å². The van der Waals surface area contributed by atoms with Crippen LogP contribution in [0.25, 0.3) is 0 Å². The van der Waals surface area contributed by atoms with Crippen LogP contribution < -0.4 is 10.6 Å². The Morgan fingerprint density at radius 1 is 1.08 bits per heavy atom. The predicted molar refractivity (Wildman–Crippen MR) is 99.5 cm³/mol. The Labute approximate surface area is 147 Å². The smallest absolute Gasteiger partial charge is 0.284 e. The van der Waals surface area contributed by atoms with Crippen LogP contribution in [0.4, 0.5) is 0 Å². The number of aldehydes is 1. The van der Waals surface area contributed by atoms with E-state index in [1.54, 1.807) is 13.0 Å². The standard InChI is InChI=1S/C10H17NO.C4H4N2O2.2C2H6/c1-5-9(7-11-4)10(6-2)8(3)12;5-1-2-6-4(8)3-7;2*1-2/h5-6,11H,7H2,1-4H3;3H,2H2,(H,6,8);2*1-2H3/b9-5-,10-6-;;;. The molecule has 1 amide bonds. The second-order valence-corrected chi connectivity index (χ2v) is 3.60. The zero-order valence-electron chi connectivity index (χ0n) is 16.3. The lowest BCUT2D eigenvalue weighted by Gasteiger charge is -2.07. The molecule has 0 unspecified atom stereocenters. The number of hydrogen-bond donors (Lipinski definition) is 2. The Hall–Kier alpha value is -2.26. The first-order chi connectivity index (χ1) is 11.5. The van der Waals surface area contributed by atoms with Crippen LogP contribution >= 0.6 is 0 Å². The summed E-state index contributed by atoms with van der Waals surface area (Å²) in [6.45, 7) is 14.1. The van der Waals surface area contributed by atoms with Crippen LogP contribution in [0.5, 0.6) is 0 Å². The van der Waals surface area contributed by atoms with Gasteiger partial charge < -0.3 is 10.6 Å². The summed E-state index contributed by atoms with van der Waals surface area (Å²) in [7, 11) is 1.87. The summed E-state index contributed by atoms with van der Waals surface area (Å²) in [4.78, 5) is 30.5. The van der Waals surface area contributed by atoms with Crippen LogP contribution in [0.1, 0.15) is 48.5 Å². The van der Waals surface area contributed by atoms with Crippen molar-refractivity contribution in [3.8, 4) is 6.07 Å². The molecule has 0 aliphatic carbocycles. The highest BCUT2D eigenvalue weighted by Gasteiger charge is 2.06. The summed E-state index contributed by atoms with van der Waals surface area (Å²) >= 11 is 0. The monoisotopic (exact) mass is 339 g/mol. The van der Waals surface area contributed by atoms with E-state index in [9.17, 15) is 14.4 Å². The number of nitrogens with zero attached hydrogens (tertiary/aromatic N) is 1. The van der Waals surface area contributed by atoms with E-state index in [0.717, 1.165) is 17.7 Å². The number of carbonyl (C=O) groups excluding carboxylic acids is 3. The Morgan fingerprint density at radius 3 is 1.83 bits per heavy atom. The molecule has 6 nitrogen and oxygen atoms in total. The van der Waals surface area contributed by atoms with Gasteiger partial charge in [-0.3, -0.25) is 14.4 Å². The van der Waals surface area contributed by atoms with E-state index in [1.807, 2.05) is 66.1 Å². The molecule has 0 aliphatic heterocycles. The molecular weight excluding hydrogens is 306 g/mol. The van der Waals surface area contributed by atoms with E-state index in [-0.39, 0.29) is 18.6 Å². The van der Waals surface area contributed by atoms with E-state index in [1.165, 1.54) is 0 Å². The SMILES string of the molecule is C/C=C(CNC)\C(=C/C)C(C)=O.CC.CC.N#CCNC(=O)C=O. The minimum Gasteiger partial charge on any atom is -0.337 e. The van der Waals surface area contributed by atoms with Gasteiger partial charge >= 0.3 is 0 Å². The molecule has 0 aromatic rings. The molecule has 6 heteroatoms. The molecule has 0 heterocycles. The maximum absolute atomic E-state index is 11.1. The number of Topliss-reactive ketones (excluding diaryl/α,β-unsaturated/α-hetero) is 1. The number of nitriles is 1. The number of amides is 1. The predicted octanol–water partition coefficient (Wildman–Crippen LogP) is 2.56. The molecule has 0 aromatic heterocycles. The van der Waals surface area contributed by atoms with Gasteiger partial charge in [-0.15, -0.1) is 0 Å². The Kier molecular flexibility index (Phi) is 31.8. The molecule has 138 valence electrons. The number of rotatable bonds is 6. The van der Waals surface area contributed by atoms with Crippen molar-refractivity contribution in [2.45, 2.75) is 48.5 Å². The van der Waals surface area contributed by atoms with Gasteiger partial charge in [-0.25, -0.2) is 0 Å². The Balaban J connectivity index is -0.000000145. The maximum Gasteiger partial charge on any atom is 0.284 e. The summed E-state index contributed by atoms with van der Waals surface area (Å²) in [5.74, 6) is -0.632. The van der Waals surface area contributed by atoms with Gasteiger partial charge in [0, 0.05) is 12.1 Å².